The molecule has 8 heteroatoms. The molecule has 1 aromatic carbocycles. The first-order chi connectivity index (χ1) is 12.1. The first kappa shape index (κ1) is 17.0. The number of carbonyl (C=O) groups is 2. The summed E-state index contributed by atoms with van der Waals surface area (Å²) in [7, 11) is 0. The SMILES string of the molecule is O=C(O)NC(CCO)c1cccc(NC(=O)c2cc(C3CC3)[nH]n2)c1. The second-order valence-corrected chi connectivity index (χ2v) is 6.08. The molecule has 0 aliphatic heterocycles. The zero-order valence-corrected chi connectivity index (χ0v) is 13.5. The van der Waals surface area contributed by atoms with E-state index in [0.717, 1.165) is 18.5 Å². The molecule has 1 atom stereocenters. The van der Waals surface area contributed by atoms with Crippen molar-refractivity contribution in [3.05, 3.63) is 47.3 Å². The topological polar surface area (TPSA) is 127 Å². The third-order valence-corrected chi connectivity index (χ3v) is 4.11. The second-order valence-electron chi connectivity index (χ2n) is 6.08. The highest BCUT2D eigenvalue weighted by Crippen LogP contribution is 2.39. The van der Waals surface area contributed by atoms with Gasteiger partial charge < -0.3 is 20.8 Å². The molecule has 0 bridgehead atoms. The van der Waals surface area contributed by atoms with Crippen molar-refractivity contribution in [2.45, 2.75) is 31.2 Å². The fourth-order valence-electron chi connectivity index (χ4n) is 2.69. The van der Waals surface area contributed by atoms with Gasteiger partial charge in [-0.3, -0.25) is 9.89 Å². The minimum absolute atomic E-state index is 0.154. The first-order valence-electron chi connectivity index (χ1n) is 8.13. The van der Waals surface area contributed by atoms with Crippen LogP contribution in [0.15, 0.2) is 30.3 Å². The summed E-state index contributed by atoms with van der Waals surface area (Å²) in [5, 5.41) is 30.1. The van der Waals surface area contributed by atoms with Crippen molar-refractivity contribution in [2.24, 2.45) is 0 Å². The predicted molar refractivity (Wildman–Crippen MR) is 90.6 cm³/mol. The van der Waals surface area contributed by atoms with Crippen molar-refractivity contribution >= 4 is 17.7 Å². The molecular weight excluding hydrogens is 324 g/mol. The van der Waals surface area contributed by atoms with E-state index in [1.165, 1.54) is 0 Å². The Kier molecular flexibility index (Phi) is 4.99. The Hall–Kier alpha value is -2.87. The van der Waals surface area contributed by atoms with Gasteiger partial charge in [0.05, 0.1) is 6.04 Å². The van der Waals surface area contributed by atoms with Gasteiger partial charge in [-0.25, -0.2) is 4.79 Å². The van der Waals surface area contributed by atoms with Crippen LogP contribution in [0.25, 0.3) is 0 Å². The molecule has 0 spiro atoms. The van der Waals surface area contributed by atoms with E-state index in [-0.39, 0.29) is 18.9 Å². The number of nitrogens with zero attached hydrogens (tertiary/aromatic N) is 1. The van der Waals surface area contributed by atoms with Crippen LogP contribution >= 0.6 is 0 Å². The van der Waals surface area contributed by atoms with Crippen LogP contribution in [-0.4, -0.2) is 39.0 Å². The lowest BCUT2D eigenvalue weighted by Gasteiger charge is -2.17. The van der Waals surface area contributed by atoms with Gasteiger partial charge in [-0.05, 0) is 43.0 Å². The highest BCUT2D eigenvalue weighted by molar-refractivity contribution is 6.03. The molecule has 2 aromatic rings. The van der Waals surface area contributed by atoms with Gasteiger partial charge in [0.1, 0.15) is 0 Å². The number of benzene rings is 1. The van der Waals surface area contributed by atoms with Crippen LogP contribution in [0, 0.1) is 0 Å². The molecule has 2 amide bonds. The summed E-state index contributed by atoms with van der Waals surface area (Å²) in [6.45, 7) is -0.154. The Morgan fingerprint density at radius 2 is 2.12 bits per heavy atom. The quantitative estimate of drug-likeness (QED) is 0.526. The molecule has 1 unspecified atom stereocenters. The molecule has 3 rings (SSSR count). The molecule has 0 saturated heterocycles. The first-order valence-corrected chi connectivity index (χ1v) is 8.13. The average molecular weight is 344 g/mol. The summed E-state index contributed by atoms with van der Waals surface area (Å²) < 4.78 is 0. The number of amides is 2. The number of nitrogens with one attached hydrogen (secondary N) is 3. The summed E-state index contributed by atoms with van der Waals surface area (Å²) in [5.41, 5.74) is 2.50. The summed E-state index contributed by atoms with van der Waals surface area (Å²) in [6.07, 6.45) is 1.31. The van der Waals surface area contributed by atoms with E-state index in [2.05, 4.69) is 20.8 Å². The van der Waals surface area contributed by atoms with E-state index in [0.29, 0.717) is 22.9 Å². The number of H-pyrrole nitrogens is 1. The molecule has 1 saturated carbocycles. The minimum atomic E-state index is -1.17. The minimum Gasteiger partial charge on any atom is -0.465 e. The number of aromatic nitrogens is 2. The van der Waals surface area contributed by atoms with E-state index in [4.69, 9.17) is 10.2 Å². The van der Waals surface area contributed by atoms with Crippen LogP contribution in [0.5, 0.6) is 0 Å². The zero-order valence-electron chi connectivity index (χ0n) is 13.5. The molecule has 25 heavy (non-hydrogen) atoms. The van der Waals surface area contributed by atoms with Crippen LogP contribution in [0.1, 0.15) is 53.0 Å². The lowest BCUT2D eigenvalue weighted by atomic mass is 10.0. The summed E-state index contributed by atoms with van der Waals surface area (Å²) >= 11 is 0. The number of aliphatic hydroxyl groups excluding tert-OH is 1. The van der Waals surface area contributed by atoms with E-state index in [1.807, 2.05) is 0 Å². The molecule has 0 radical (unpaired) electrons. The van der Waals surface area contributed by atoms with E-state index < -0.39 is 12.1 Å². The van der Waals surface area contributed by atoms with Crippen molar-refractivity contribution in [3.8, 4) is 0 Å². The van der Waals surface area contributed by atoms with Crippen molar-refractivity contribution < 1.29 is 19.8 Å². The number of carbonyl (C=O) groups excluding carboxylic acids is 1. The molecular formula is C17H20N4O4. The van der Waals surface area contributed by atoms with Crippen molar-refractivity contribution in [3.63, 3.8) is 0 Å². The van der Waals surface area contributed by atoms with Crippen LogP contribution in [-0.2, 0) is 0 Å². The van der Waals surface area contributed by atoms with Crippen LogP contribution in [0.3, 0.4) is 0 Å². The monoisotopic (exact) mass is 344 g/mol. The van der Waals surface area contributed by atoms with Crippen LogP contribution in [0.4, 0.5) is 10.5 Å². The molecule has 1 fully saturated rings. The number of rotatable bonds is 7. The van der Waals surface area contributed by atoms with Gasteiger partial charge in [-0.15, -0.1) is 0 Å². The zero-order chi connectivity index (χ0) is 17.8. The summed E-state index contributed by atoms with van der Waals surface area (Å²) in [4.78, 5) is 23.2. The van der Waals surface area contributed by atoms with E-state index >= 15 is 0 Å². The van der Waals surface area contributed by atoms with E-state index in [9.17, 15) is 9.59 Å². The Balaban J connectivity index is 1.71. The number of aromatic amines is 1. The maximum Gasteiger partial charge on any atom is 0.405 e. The molecule has 1 aliphatic carbocycles. The van der Waals surface area contributed by atoms with Gasteiger partial charge in [0.2, 0.25) is 0 Å². The Morgan fingerprint density at radius 1 is 1.32 bits per heavy atom. The number of aliphatic hydroxyl groups is 1. The van der Waals surface area contributed by atoms with Gasteiger partial charge in [0.15, 0.2) is 5.69 Å². The Labute approximate surface area is 144 Å². The third-order valence-electron chi connectivity index (χ3n) is 4.11. The van der Waals surface area contributed by atoms with Crippen LogP contribution in [0.2, 0.25) is 0 Å². The Bertz CT molecular complexity index is 770. The molecule has 5 N–H and O–H groups in total. The normalized spacial score (nSPS) is 14.8. The second kappa shape index (κ2) is 7.35. The van der Waals surface area contributed by atoms with Crippen LogP contribution < -0.4 is 10.6 Å². The maximum atomic E-state index is 12.3. The lowest BCUT2D eigenvalue weighted by Crippen LogP contribution is -2.27. The lowest BCUT2D eigenvalue weighted by molar-refractivity contribution is 0.102. The van der Waals surface area contributed by atoms with E-state index in [1.54, 1.807) is 30.3 Å². The maximum absolute atomic E-state index is 12.3. The predicted octanol–water partition coefficient (Wildman–Crippen LogP) is 2.23. The fourth-order valence-corrected chi connectivity index (χ4v) is 2.69. The standard InChI is InChI=1S/C17H20N4O4/c22-7-6-13(19-17(24)25)11-2-1-3-12(8-11)18-16(23)15-9-14(20-21-15)10-4-5-10/h1-3,8-10,13,19,22H,4-7H2,(H,18,23)(H,20,21)(H,24,25). The largest absolute Gasteiger partial charge is 0.465 e. The average Bonchev–Trinajstić information content (AvgIpc) is 3.31. The van der Waals surface area contributed by atoms with Crippen molar-refractivity contribution in [1.29, 1.82) is 0 Å². The van der Waals surface area contributed by atoms with Gasteiger partial charge in [-0.2, -0.15) is 5.10 Å². The fraction of sp³-hybridized carbons (Fsp3) is 0.353. The highest BCUT2D eigenvalue weighted by atomic mass is 16.4. The van der Waals surface area contributed by atoms with Gasteiger partial charge in [0.25, 0.3) is 5.91 Å². The summed E-state index contributed by atoms with van der Waals surface area (Å²) in [5.74, 6) is 0.156. The molecule has 8 nitrogen and oxygen atoms in total. The molecule has 1 aromatic heterocycles. The molecule has 132 valence electrons. The molecule has 1 aliphatic rings. The Morgan fingerprint density at radius 3 is 2.80 bits per heavy atom. The third kappa shape index (κ3) is 4.36. The number of hydrogen-bond donors (Lipinski definition) is 5. The number of anilines is 1. The van der Waals surface area contributed by atoms with Gasteiger partial charge in [0, 0.05) is 23.9 Å². The molecule has 1 heterocycles. The van der Waals surface area contributed by atoms with Crippen molar-refractivity contribution in [2.75, 3.05) is 11.9 Å². The number of carboxylic acid groups (broad SMARTS) is 1. The smallest absolute Gasteiger partial charge is 0.405 e. The summed E-state index contributed by atoms with van der Waals surface area (Å²) in [6, 6.07) is 8.07. The number of hydrogen-bond acceptors (Lipinski definition) is 4. The van der Waals surface area contributed by atoms with Crippen molar-refractivity contribution in [1.82, 2.24) is 15.5 Å². The van der Waals surface area contributed by atoms with Gasteiger partial charge >= 0.3 is 6.09 Å². The van der Waals surface area contributed by atoms with Gasteiger partial charge in [-0.1, -0.05) is 12.1 Å². The highest BCUT2D eigenvalue weighted by Gasteiger charge is 2.26.